The lowest BCUT2D eigenvalue weighted by Gasteiger charge is -2.27. The van der Waals surface area contributed by atoms with Crippen molar-refractivity contribution >= 4 is 23.0 Å². The number of amides is 1. The topological polar surface area (TPSA) is 92.4 Å². The van der Waals surface area contributed by atoms with Crippen molar-refractivity contribution in [1.82, 2.24) is 10.3 Å². The predicted molar refractivity (Wildman–Crippen MR) is 102 cm³/mol. The molecule has 2 N–H and O–H groups in total. The van der Waals surface area contributed by atoms with E-state index in [1.54, 1.807) is 0 Å². The number of carbonyl (C=O) groups excluding carboxylic acids is 1. The molecule has 1 atom stereocenters. The summed E-state index contributed by atoms with van der Waals surface area (Å²) in [6, 6.07) is 7.47. The summed E-state index contributed by atoms with van der Waals surface area (Å²) in [5.41, 5.74) is 1.52. The number of aliphatic carboxylic acids is 1. The number of nitrogens with one attached hydrogen (secondary N) is 1. The van der Waals surface area contributed by atoms with Crippen LogP contribution in [0.25, 0.3) is 11.1 Å². The quantitative estimate of drug-likeness (QED) is 0.692. The molecule has 1 aliphatic rings. The number of fused-ring (bicyclic) bond motifs is 1. The molecule has 0 aliphatic heterocycles. The van der Waals surface area contributed by atoms with Gasteiger partial charge in [0.25, 0.3) is 0 Å². The number of hydrogen-bond acceptors (Lipinski definition) is 4. The monoisotopic (exact) mass is 372 g/mol. The van der Waals surface area contributed by atoms with Gasteiger partial charge in [-0.3, -0.25) is 9.59 Å². The second kappa shape index (κ2) is 9.53. The number of nitrogens with zero attached hydrogens (tertiary/aromatic N) is 1. The highest BCUT2D eigenvalue weighted by molar-refractivity contribution is 5.77. The summed E-state index contributed by atoms with van der Waals surface area (Å²) in [4.78, 5) is 27.7. The molecule has 27 heavy (non-hydrogen) atoms. The number of carbonyl (C=O) groups is 2. The third-order valence-corrected chi connectivity index (χ3v) is 5.32. The van der Waals surface area contributed by atoms with Gasteiger partial charge >= 0.3 is 5.97 Å². The highest BCUT2D eigenvalue weighted by Gasteiger charge is 2.21. The largest absolute Gasteiger partial charge is 0.481 e. The Bertz CT molecular complexity index is 731. The number of benzene rings is 1. The van der Waals surface area contributed by atoms with E-state index in [0.717, 1.165) is 17.5 Å². The van der Waals surface area contributed by atoms with E-state index in [1.807, 2.05) is 24.3 Å². The molecular formula is C21H28N2O4. The van der Waals surface area contributed by atoms with Crippen molar-refractivity contribution in [2.24, 2.45) is 5.92 Å². The Morgan fingerprint density at radius 3 is 2.70 bits per heavy atom. The van der Waals surface area contributed by atoms with Crippen LogP contribution in [-0.2, 0) is 16.0 Å². The molecule has 0 radical (unpaired) electrons. The van der Waals surface area contributed by atoms with Crippen molar-refractivity contribution in [2.75, 3.05) is 0 Å². The average molecular weight is 372 g/mol. The molecule has 2 aromatic rings. The first-order valence-corrected chi connectivity index (χ1v) is 9.96. The van der Waals surface area contributed by atoms with E-state index in [1.165, 1.54) is 32.1 Å². The van der Waals surface area contributed by atoms with Gasteiger partial charge in [-0.05, 0) is 30.9 Å². The molecule has 1 amide bonds. The Balaban J connectivity index is 1.51. The van der Waals surface area contributed by atoms with Gasteiger partial charge in [-0.1, -0.05) is 44.2 Å². The minimum atomic E-state index is -0.815. The molecular weight excluding hydrogens is 344 g/mol. The van der Waals surface area contributed by atoms with Crippen LogP contribution < -0.4 is 5.32 Å². The molecule has 0 spiro atoms. The van der Waals surface area contributed by atoms with Crippen molar-refractivity contribution in [3.8, 4) is 0 Å². The molecule has 1 aromatic carbocycles. The molecule has 1 saturated carbocycles. The first kappa shape index (κ1) is 19.4. The average Bonchev–Trinajstić information content (AvgIpc) is 3.08. The van der Waals surface area contributed by atoms with Gasteiger partial charge < -0.3 is 14.8 Å². The fourth-order valence-corrected chi connectivity index (χ4v) is 3.92. The zero-order chi connectivity index (χ0) is 19.1. The molecule has 6 heteroatoms. The van der Waals surface area contributed by atoms with Gasteiger partial charge in [-0.25, -0.2) is 4.98 Å². The van der Waals surface area contributed by atoms with Gasteiger partial charge in [-0.15, -0.1) is 0 Å². The van der Waals surface area contributed by atoms with Gasteiger partial charge in [0.2, 0.25) is 5.91 Å². The number of oxazole rings is 1. The maximum absolute atomic E-state index is 12.4. The summed E-state index contributed by atoms with van der Waals surface area (Å²) < 4.78 is 5.66. The fraction of sp³-hybridized carbons (Fsp3) is 0.571. The Morgan fingerprint density at radius 1 is 1.19 bits per heavy atom. The van der Waals surface area contributed by atoms with Crippen molar-refractivity contribution in [2.45, 2.75) is 70.3 Å². The van der Waals surface area contributed by atoms with E-state index < -0.39 is 5.97 Å². The van der Waals surface area contributed by atoms with E-state index in [4.69, 9.17) is 9.52 Å². The van der Waals surface area contributed by atoms with Gasteiger partial charge in [-0.2, -0.15) is 0 Å². The second-order valence-electron chi connectivity index (χ2n) is 7.51. The lowest BCUT2D eigenvalue weighted by Crippen LogP contribution is -2.37. The Labute approximate surface area is 159 Å². The van der Waals surface area contributed by atoms with Crippen LogP contribution in [0.15, 0.2) is 28.7 Å². The Morgan fingerprint density at radius 2 is 1.96 bits per heavy atom. The molecule has 1 aromatic heterocycles. The van der Waals surface area contributed by atoms with Crippen LogP contribution in [0.3, 0.4) is 0 Å². The van der Waals surface area contributed by atoms with Crippen LogP contribution in [0.1, 0.15) is 63.7 Å². The van der Waals surface area contributed by atoms with E-state index >= 15 is 0 Å². The number of hydrogen-bond donors (Lipinski definition) is 2. The Kier molecular flexibility index (Phi) is 6.85. The second-order valence-corrected chi connectivity index (χ2v) is 7.51. The fourth-order valence-electron chi connectivity index (χ4n) is 3.92. The third kappa shape index (κ3) is 6.08. The molecule has 1 heterocycles. The highest BCUT2D eigenvalue weighted by Crippen LogP contribution is 2.28. The van der Waals surface area contributed by atoms with E-state index in [0.29, 0.717) is 31.1 Å². The summed E-state index contributed by atoms with van der Waals surface area (Å²) in [7, 11) is 0. The maximum atomic E-state index is 12.4. The number of carboxylic acid groups (broad SMARTS) is 1. The van der Waals surface area contributed by atoms with Crippen molar-refractivity contribution in [3.63, 3.8) is 0 Å². The summed E-state index contributed by atoms with van der Waals surface area (Å²) in [6.07, 6.45) is 8.31. The summed E-state index contributed by atoms with van der Waals surface area (Å²) in [6.45, 7) is 0. The third-order valence-electron chi connectivity index (χ3n) is 5.32. The molecule has 1 fully saturated rings. The van der Waals surface area contributed by atoms with E-state index in [9.17, 15) is 9.59 Å². The smallest absolute Gasteiger partial charge is 0.303 e. The molecule has 0 bridgehead atoms. The van der Waals surface area contributed by atoms with Crippen LogP contribution in [0.2, 0.25) is 0 Å². The standard InChI is InChI=1S/C21H28N2O4/c24-19(11-12-20-23-17-8-4-5-9-18(17)27-20)22-16(10-13-21(25)26)14-15-6-2-1-3-7-15/h4-5,8-9,15-16H,1-3,6-7,10-14H2,(H,22,24)(H,25,26). The van der Waals surface area contributed by atoms with Crippen molar-refractivity contribution in [3.05, 3.63) is 30.2 Å². The number of carboxylic acids is 1. The van der Waals surface area contributed by atoms with E-state index in [2.05, 4.69) is 10.3 Å². The minimum Gasteiger partial charge on any atom is -0.481 e. The van der Waals surface area contributed by atoms with Gasteiger partial charge in [0.15, 0.2) is 11.5 Å². The van der Waals surface area contributed by atoms with Crippen LogP contribution in [0.5, 0.6) is 0 Å². The highest BCUT2D eigenvalue weighted by atomic mass is 16.4. The lowest BCUT2D eigenvalue weighted by molar-refractivity contribution is -0.137. The lowest BCUT2D eigenvalue weighted by atomic mass is 9.84. The number of aromatic nitrogens is 1. The zero-order valence-electron chi connectivity index (χ0n) is 15.7. The molecule has 1 aliphatic carbocycles. The predicted octanol–water partition coefficient (Wildman–Crippen LogP) is 4.08. The minimum absolute atomic E-state index is 0.0662. The number of aryl methyl sites for hydroxylation is 1. The normalized spacial score (nSPS) is 16.3. The van der Waals surface area contributed by atoms with Gasteiger partial charge in [0.1, 0.15) is 5.52 Å². The zero-order valence-corrected chi connectivity index (χ0v) is 15.7. The van der Waals surface area contributed by atoms with Crippen LogP contribution in [-0.4, -0.2) is 28.0 Å². The summed E-state index contributed by atoms with van der Waals surface area (Å²) in [5.74, 6) is 0.267. The molecule has 146 valence electrons. The first-order chi connectivity index (χ1) is 13.1. The van der Waals surface area contributed by atoms with Gasteiger partial charge in [0, 0.05) is 25.3 Å². The van der Waals surface area contributed by atoms with Gasteiger partial charge in [0.05, 0.1) is 0 Å². The Hall–Kier alpha value is -2.37. The van der Waals surface area contributed by atoms with Crippen LogP contribution in [0.4, 0.5) is 0 Å². The molecule has 3 rings (SSSR count). The van der Waals surface area contributed by atoms with E-state index in [-0.39, 0.29) is 18.4 Å². The van der Waals surface area contributed by atoms with Crippen LogP contribution in [0, 0.1) is 5.92 Å². The molecule has 0 saturated heterocycles. The number of para-hydroxylation sites is 2. The summed E-state index contributed by atoms with van der Waals surface area (Å²) >= 11 is 0. The van der Waals surface area contributed by atoms with Crippen molar-refractivity contribution in [1.29, 1.82) is 0 Å². The maximum Gasteiger partial charge on any atom is 0.303 e. The SMILES string of the molecule is O=C(O)CCC(CC1CCCCC1)NC(=O)CCc1nc2ccccc2o1. The molecule has 6 nitrogen and oxygen atoms in total. The van der Waals surface area contributed by atoms with Crippen LogP contribution >= 0.6 is 0 Å². The van der Waals surface area contributed by atoms with Crippen molar-refractivity contribution < 1.29 is 19.1 Å². The molecule has 1 unspecified atom stereocenters. The summed E-state index contributed by atoms with van der Waals surface area (Å²) in [5, 5.41) is 12.0. The first-order valence-electron chi connectivity index (χ1n) is 9.96. The number of rotatable bonds is 9.